The van der Waals surface area contributed by atoms with Gasteiger partial charge in [0.2, 0.25) is 0 Å². The minimum absolute atomic E-state index is 0.0572. The third-order valence-electron chi connectivity index (χ3n) is 3.80. The summed E-state index contributed by atoms with van der Waals surface area (Å²) < 4.78 is 33.2. The van der Waals surface area contributed by atoms with Crippen LogP contribution < -0.4 is 0 Å². The Bertz CT molecular complexity index is 1190. The molecule has 0 bridgehead atoms. The second-order valence-corrected chi connectivity index (χ2v) is 7.40. The van der Waals surface area contributed by atoms with Crippen LogP contribution in [0, 0.1) is 6.92 Å². The Hall–Kier alpha value is -3.63. The SMILES string of the molecule is Cc1cc(N=Nc2ccc(O)cc2)c(S(=O)(=O)O)cc1N=Nc1ccc(O)cc1. The van der Waals surface area contributed by atoms with Crippen molar-refractivity contribution in [1.82, 2.24) is 0 Å². The first-order valence-electron chi connectivity index (χ1n) is 8.26. The Morgan fingerprint density at radius 3 is 1.59 bits per heavy atom. The van der Waals surface area contributed by atoms with E-state index in [1.165, 1.54) is 54.6 Å². The molecule has 0 spiro atoms. The van der Waals surface area contributed by atoms with Crippen molar-refractivity contribution in [3.63, 3.8) is 0 Å². The van der Waals surface area contributed by atoms with Gasteiger partial charge >= 0.3 is 0 Å². The number of hydrogen-bond donors (Lipinski definition) is 3. The molecule has 0 amide bonds. The summed E-state index contributed by atoms with van der Waals surface area (Å²) in [5.74, 6) is 0.138. The summed E-state index contributed by atoms with van der Waals surface area (Å²) in [6, 6.07) is 14.4. The highest BCUT2D eigenvalue weighted by molar-refractivity contribution is 7.86. The van der Waals surface area contributed by atoms with Crippen LogP contribution in [0.4, 0.5) is 22.7 Å². The zero-order valence-electron chi connectivity index (χ0n) is 15.1. The second-order valence-electron chi connectivity index (χ2n) is 6.01. The molecule has 29 heavy (non-hydrogen) atoms. The number of nitrogens with zero attached hydrogens (tertiary/aromatic N) is 4. The van der Waals surface area contributed by atoms with Crippen LogP contribution in [0.2, 0.25) is 0 Å². The van der Waals surface area contributed by atoms with Gasteiger partial charge in [0, 0.05) is 0 Å². The maximum Gasteiger partial charge on any atom is 0.296 e. The van der Waals surface area contributed by atoms with E-state index < -0.39 is 15.0 Å². The van der Waals surface area contributed by atoms with Crippen molar-refractivity contribution in [1.29, 1.82) is 0 Å². The largest absolute Gasteiger partial charge is 0.508 e. The molecule has 3 rings (SSSR count). The number of phenolic OH excluding ortho intramolecular Hbond substituents is 2. The molecule has 0 unspecified atom stereocenters. The predicted molar refractivity (Wildman–Crippen MR) is 106 cm³/mol. The Morgan fingerprint density at radius 2 is 1.14 bits per heavy atom. The van der Waals surface area contributed by atoms with Gasteiger partial charge in [0.25, 0.3) is 10.1 Å². The van der Waals surface area contributed by atoms with Gasteiger partial charge in [-0.3, -0.25) is 4.55 Å². The number of benzene rings is 3. The molecular weight excluding hydrogens is 396 g/mol. The number of hydrogen-bond acceptors (Lipinski definition) is 8. The minimum atomic E-state index is -4.60. The highest BCUT2D eigenvalue weighted by atomic mass is 32.2. The van der Waals surface area contributed by atoms with Gasteiger partial charge < -0.3 is 10.2 Å². The van der Waals surface area contributed by atoms with E-state index in [9.17, 15) is 23.2 Å². The van der Waals surface area contributed by atoms with Gasteiger partial charge in [-0.25, -0.2) is 0 Å². The summed E-state index contributed by atoms with van der Waals surface area (Å²) in [4.78, 5) is -0.467. The molecule has 0 heterocycles. The fourth-order valence-corrected chi connectivity index (χ4v) is 2.94. The monoisotopic (exact) mass is 412 g/mol. The molecule has 3 N–H and O–H groups in total. The van der Waals surface area contributed by atoms with Crippen molar-refractivity contribution in [2.45, 2.75) is 11.8 Å². The molecule has 0 aliphatic rings. The van der Waals surface area contributed by atoms with E-state index in [-0.39, 0.29) is 22.9 Å². The molecule has 0 atom stereocenters. The first-order valence-corrected chi connectivity index (χ1v) is 9.70. The minimum Gasteiger partial charge on any atom is -0.508 e. The lowest BCUT2D eigenvalue weighted by Gasteiger charge is -2.06. The zero-order chi connectivity index (χ0) is 21.0. The van der Waals surface area contributed by atoms with Crippen LogP contribution in [0.25, 0.3) is 0 Å². The van der Waals surface area contributed by atoms with Crippen molar-refractivity contribution in [2.24, 2.45) is 20.5 Å². The molecule has 0 fully saturated rings. The van der Waals surface area contributed by atoms with E-state index in [0.717, 1.165) is 6.07 Å². The lowest BCUT2D eigenvalue weighted by molar-refractivity contribution is 0.475. The Kier molecular flexibility index (Phi) is 5.66. The Labute approximate surface area is 166 Å². The van der Waals surface area contributed by atoms with Crippen molar-refractivity contribution < 1.29 is 23.2 Å². The predicted octanol–water partition coefficient (Wildman–Crippen LogP) is 5.48. The highest BCUT2D eigenvalue weighted by Crippen LogP contribution is 2.34. The van der Waals surface area contributed by atoms with E-state index in [2.05, 4.69) is 20.5 Å². The second kappa shape index (κ2) is 8.17. The maximum absolute atomic E-state index is 11.8. The molecule has 3 aromatic carbocycles. The standard InChI is InChI=1S/C19H16N4O5S/c1-12-10-18(23-21-14-4-8-16(25)9-5-14)19(29(26,27)28)11-17(12)22-20-13-2-6-15(24)7-3-13/h2-11,24-25H,1H3,(H,26,27,28). The van der Waals surface area contributed by atoms with Crippen LogP contribution >= 0.6 is 0 Å². The van der Waals surface area contributed by atoms with E-state index in [1.54, 1.807) is 6.92 Å². The van der Waals surface area contributed by atoms with Gasteiger partial charge in [0.15, 0.2) is 0 Å². The molecule has 3 aromatic rings. The third-order valence-corrected chi connectivity index (χ3v) is 4.68. The fraction of sp³-hybridized carbons (Fsp3) is 0.0526. The van der Waals surface area contributed by atoms with Crippen LogP contribution in [0.1, 0.15) is 5.56 Å². The summed E-state index contributed by atoms with van der Waals surface area (Å²) >= 11 is 0. The normalized spacial score (nSPS) is 12.1. The summed E-state index contributed by atoms with van der Waals surface area (Å²) in [7, 11) is -4.60. The lowest BCUT2D eigenvalue weighted by Crippen LogP contribution is -1.98. The lowest BCUT2D eigenvalue weighted by atomic mass is 10.2. The molecule has 10 heteroatoms. The molecule has 148 valence electrons. The number of aromatic hydroxyl groups is 2. The zero-order valence-corrected chi connectivity index (χ0v) is 15.9. The van der Waals surface area contributed by atoms with Crippen LogP contribution in [0.3, 0.4) is 0 Å². The van der Waals surface area contributed by atoms with Crippen molar-refractivity contribution in [2.75, 3.05) is 0 Å². The molecule has 0 saturated carbocycles. The van der Waals surface area contributed by atoms with Gasteiger partial charge in [0.05, 0.1) is 17.1 Å². The van der Waals surface area contributed by atoms with E-state index in [1.807, 2.05) is 0 Å². The number of azo groups is 2. The van der Waals surface area contributed by atoms with Gasteiger partial charge in [-0.2, -0.15) is 23.8 Å². The van der Waals surface area contributed by atoms with Gasteiger partial charge in [-0.1, -0.05) is 0 Å². The van der Waals surface area contributed by atoms with Gasteiger partial charge in [0.1, 0.15) is 22.1 Å². The number of rotatable bonds is 5. The summed E-state index contributed by atoms with van der Waals surface area (Å²) in [5, 5.41) is 34.4. The van der Waals surface area contributed by atoms with Crippen LogP contribution in [0.5, 0.6) is 11.5 Å². The van der Waals surface area contributed by atoms with Crippen molar-refractivity contribution in [3.05, 3.63) is 66.2 Å². The van der Waals surface area contributed by atoms with Gasteiger partial charge in [-0.15, -0.1) is 5.11 Å². The summed E-state index contributed by atoms with van der Waals surface area (Å²) in [6.45, 7) is 1.68. The van der Waals surface area contributed by atoms with Crippen LogP contribution in [-0.4, -0.2) is 23.2 Å². The maximum atomic E-state index is 11.8. The summed E-state index contributed by atoms with van der Waals surface area (Å²) in [6.07, 6.45) is 0. The van der Waals surface area contributed by atoms with Crippen molar-refractivity contribution >= 4 is 32.9 Å². The number of phenols is 2. The molecule has 0 aliphatic carbocycles. The molecule has 9 nitrogen and oxygen atoms in total. The number of aryl methyl sites for hydroxylation is 1. The average molecular weight is 412 g/mol. The smallest absolute Gasteiger partial charge is 0.296 e. The van der Waals surface area contributed by atoms with Crippen LogP contribution in [0.15, 0.2) is 86.0 Å². The molecule has 0 saturated heterocycles. The molecule has 0 aromatic heterocycles. The van der Waals surface area contributed by atoms with Crippen molar-refractivity contribution in [3.8, 4) is 11.5 Å². The van der Waals surface area contributed by atoms with Gasteiger partial charge in [-0.05, 0) is 73.2 Å². The average Bonchev–Trinajstić information content (AvgIpc) is 2.67. The Balaban J connectivity index is 1.99. The van der Waals surface area contributed by atoms with E-state index in [0.29, 0.717) is 16.9 Å². The van der Waals surface area contributed by atoms with Crippen LogP contribution in [-0.2, 0) is 10.1 Å². The third kappa shape index (κ3) is 5.21. The highest BCUT2D eigenvalue weighted by Gasteiger charge is 2.18. The topological polar surface area (TPSA) is 144 Å². The first-order chi connectivity index (χ1) is 13.7. The summed E-state index contributed by atoms with van der Waals surface area (Å²) in [5.41, 5.74) is 1.54. The molecular formula is C19H16N4O5S. The fourth-order valence-electron chi connectivity index (χ4n) is 2.32. The molecule has 0 aliphatic heterocycles. The first kappa shape index (κ1) is 20.1. The van der Waals surface area contributed by atoms with E-state index >= 15 is 0 Å². The quantitative estimate of drug-likeness (QED) is 0.375. The molecule has 0 radical (unpaired) electrons. The Morgan fingerprint density at radius 1 is 0.690 bits per heavy atom. The van der Waals surface area contributed by atoms with E-state index in [4.69, 9.17) is 0 Å².